The molecule has 0 heterocycles. The fourth-order valence-electron chi connectivity index (χ4n) is 1.20. The number of primary amides is 1. The minimum absolute atomic E-state index is 0.280. The summed E-state index contributed by atoms with van der Waals surface area (Å²) in [7, 11) is 0. The van der Waals surface area contributed by atoms with Crippen molar-refractivity contribution in [2.24, 2.45) is 5.73 Å². The van der Waals surface area contributed by atoms with Crippen LogP contribution in [0.4, 0.5) is 0 Å². The minimum Gasteiger partial charge on any atom is -0.493 e. The Morgan fingerprint density at radius 2 is 2.00 bits per heavy atom. The molecule has 0 saturated carbocycles. The van der Waals surface area contributed by atoms with E-state index in [-0.39, 0.29) is 5.56 Å². The zero-order valence-electron chi connectivity index (χ0n) is 9.80. The highest BCUT2D eigenvalue weighted by Crippen LogP contribution is 2.19. The van der Waals surface area contributed by atoms with Crippen molar-refractivity contribution < 1.29 is 19.1 Å². The first kappa shape index (κ1) is 13.0. The van der Waals surface area contributed by atoms with Crippen LogP contribution in [0.1, 0.15) is 24.2 Å². The lowest BCUT2D eigenvalue weighted by Crippen LogP contribution is -2.30. The molecule has 0 aromatic heterocycles. The van der Waals surface area contributed by atoms with Gasteiger partial charge in [0, 0.05) is 0 Å². The lowest BCUT2D eigenvalue weighted by molar-refractivity contribution is -0.125. The average Bonchev–Trinajstić information content (AvgIpc) is 2.29. The molecule has 2 N–H and O–H groups in total. The number of rotatable bonds is 5. The predicted octanol–water partition coefficient (Wildman–Crippen LogP) is 1.12. The first-order valence-corrected chi connectivity index (χ1v) is 5.28. The molecule has 5 nitrogen and oxygen atoms in total. The Morgan fingerprint density at radius 3 is 2.59 bits per heavy atom. The largest absolute Gasteiger partial charge is 0.493 e. The van der Waals surface area contributed by atoms with Gasteiger partial charge in [0.25, 0.3) is 5.91 Å². The molecule has 0 bridgehead atoms. The topological polar surface area (TPSA) is 78.6 Å². The predicted molar refractivity (Wildman–Crippen MR) is 61.7 cm³/mol. The molecule has 1 aromatic rings. The number of carbonyl (C=O) groups excluding carboxylic acids is 2. The van der Waals surface area contributed by atoms with Gasteiger partial charge in [0.1, 0.15) is 11.3 Å². The molecule has 5 heteroatoms. The van der Waals surface area contributed by atoms with Crippen LogP contribution in [-0.2, 0) is 9.53 Å². The molecule has 1 atom stereocenters. The SMILES string of the molecule is CCOc1ccccc1C(=O)O[C@H](C)C(N)=O. The van der Waals surface area contributed by atoms with E-state index in [1.165, 1.54) is 6.92 Å². The Hall–Kier alpha value is -2.04. The molecule has 17 heavy (non-hydrogen) atoms. The lowest BCUT2D eigenvalue weighted by Gasteiger charge is -2.12. The van der Waals surface area contributed by atoms with E-state index in [1.807, 2.05) is 6.92 Å². The highest BCUT2D eigenvalue weighted by Gasteiger charge is 2.19. The Balaban J connectivity index is 2.84. The zero-order valence-corrected chi connectivity index (χ0v) is 9.80. The lowest BCUT2D eigenvalue weighted by atomic mass is 10.2. The van der Waals surface area contributed by atoms with E-state index in [0.29, 0.717) is 12.4 Å². The second-order valence-electron chi connectivity index (χ2n) is 3.38. The molecule has 0 fully saturated rings. The third-order valence-corrected chi connectivity index (χ3v) is 2.09. The summed E-state index contributed by atoms with van der Waals surface area (Å²) in [4.78, 5) is 22.5. The number of amides is 1. The van der Waals surface area contributed by atoms with Gasteiger partial charge in [0.05, 0.1) is 6.61 Å². The summed E-state index contributed by atoms with van der Waals surface area (Å²) in [5.41, 5.74) is 5.29. The molecule has 92 valence electrons. The van der Waals surface area contributed by atoms with Gasteiger partial charge in [-0.1, -0.05) is 12.1 Å². The maximum atomic E-state index is 11.7. The van der Waals surface area contributed by atoms with Crippen molar-refractivity contribution in [3.05, 3.63) is 29.8 Å². The Bertz CT molecular complexity index is 417. The number of hydrogen-bond acceptors (Lipinski definition) is 4. The van der Waals surface area contributed by atoms with Crippen LogP contribution in [0, 0.1) is 0 Å². The van der Waals surface area contributed by atoms with E-state index < -0.39 is 18.0 Å². The van der Waals surface area contributed by atoms with Crippen LogP contribution < -0.4 is 10.5 Å². The Morgan fingerprint density at radius 1 is 1.35 bits per heavy atom. The number of hydrogen-bond donors (Lipinski definition) is 1. The van der Waals surface area contributed by atoms with E-state index in [0.717, 1.165) is 0 Å². The number of carbonyl (C=O) groups is 2. The maximum Gasteiger partial charge on any atom is 0.342 e. The molecule has 0 spiro atoms. The van der Waals surface area contributed by atoms with Crippen molar-refractivity contribution in [3.63, 3.8) is 0 Å². The highest BCUT2D eigenvalue weighted by atomic mass is 16.5. The molecule has 0 saturated heterocycles. The second kappa shape index (κ2) is 5.89. The van der Waals surface area contributed by atoms with Crippen molar-refractivity contribution in [2.45, 2.75) is 20.0 Å². The summed E-state index contributed by atoms with van der Waals surface area (Å²) >= 11 is 0. The number of ether oxygens (including phenoxy) is 2. The average molecular weight is 237 g/mol. The summed E-state index contributed by atoms with van der Waals surface area (Å²) in [6.45, 7) is 3.67. The summed E-state index contributed by atoms with van der Waals surface area (Å²) < 4.78 is 10.2. The van der Waals surface area contributed by atoms with Crippen molar-refractivity contribution in [1.29, 1.82) is 0 Å². The molecule has 0 aliphatic rings. The van der Waals surface area contributed by atoms with Crippen molar-refractivity contribution in [3.8, 4) is 5.75 Å². The van der Waals surface area contributed by atoms with E-state index in [2.05, 4.69) is 0 Å². The number of nitrogens with two attached hydrogens (primary N) is 1. The van der Waals surface area contributed by atoms with Crippen LogP contribution in [0.5, 0.6) is 5.75 Å². The van der Waals surface area contributed by atoms with Gasteiger partial charge in [-0.15, -0.1) is 0 Å². The van der Waals surface area contributed by atoms with Crippen LogP contribution in [0.2, 0.25) is 0 Å². The van der Waals surface area contributed by atoms with Gasteiger partial charge in [-0.25, -0.2) is 4.79 Å². The fraction of sp³-hybridized carbons (Fsp3) is 0.333. The smallest absolute Gasteiger partial charge is 0.342 e. The molecular formula is C12H15NO4. The van der Waals surface area contributed by atoms with Gasteiger partial charge in [0.15, 0.2) is 6.10 Å². The van der Waals surface area contributed by atoms with Crippen LogP contribution in [-0.4, -0.2) is 24.6 Å². The van der Waals surface area contributed by atoms with Crippen LogP contribution in [0.15, 0.2) is 24.3 Å². The molecule has 1 aromatic carbocycles. The molecule has 1 amide bonds. The van der Waals surface area contributed by atoms with E-state index in [9.17, 15) is 9.59 Å². The van der Waals surface area contributed by atoms with Gasteiger partial charge in [-0.2, -0.15) is 0 Å². The number of benzene rings is 1. The normalized spacial score (nSPS) is 11.6. The third kappa shape index (κ3) is 3.48. The summed E-state index contributed by atoms with van der Waals surface area (Å²) in [6.07, 6.45) is -0.961. The third-order valence-electron chi connectivity index (χ3n) is 2.09. The molecule has 0 radical (unpaired) electrons. The van der Waals surface area contributed by atoms with Crippen LogP contribution in [0.3, 0.4) is 0 Å². The summed E-state index contributed by atoms with van der Waals surface area (Å²) in [5.74, 6) is -0.885. The van der Waals surface area contributed by atoms with Gasteiger partial charge in [-0.3, -0.25) is 4.79 Å². The Labute approximate surface area is 99.5 Å². The van der Waals surface area contributed by atoms with E-state index in [4.69, 9.17) is 15.2 Å². The zero-order chi connectivity index (χ0) is 12.8. The van der Waals surface area contributed by atoms with E-state index in [1.54, 1.807) is 24.3 Å². The minimum atomic E-state index is -0.961. The molecule has 0 unspecified atom stereocenters. The van der Waals surface area contributed by atoms with Crippen molar-refractivity contribution >= 4 is 11.9 Å². The first-order valence-electron chi connectivity index (χ1n) is 5.28. The second-order valence-corrected chi connectivity index (χ2v) is 3.38. The first-order chi connectivity index (χ1) is 8.06. The van der Waals surface area contributed by atoms with Gasteiger partial charge >= 0.3 is 5.97 Å². The van der Waals surface area contributed by atoms with Crippen LogP contribution in [0.25, 0.3) is 0 Å². The maximum absolute atomic E-state index is 11.7. The van der Waals surface area contributed by atoms with Gasteiger partial charge in [0.2, 0.25) is 0 Å². The number of esters is 1. The molecule has 0 aliphatic heterocycles. The number of para-hydroxylation sites is 1. The van der Waals surface area contributed by atoms with Gasteiger partial charge < -0.3 is 15.2 Å². The van der Waals surface area contributed by atoms with E-state index >= 15 is 0 Å². The summed E-state index contributed by atoms with van der Waals surface area (Å²) in [5, 5.41) is 0. The van der Waals surface area contributed by atoms with Gasteiger partial charge in [-0.05, 0) is 26.0 Å². The van der Waals surface area contributed by atoms with Crippen molar-refractivity contribution in [1.82, 2.24) is 0 Å². The molecular weight excluding hydrogens is 222 g/mol. The summed E-state index contributed by atoms with van der Waals surface area (Å²) in [6, 6.07) is 6.67. The monoisotopic (exact) mass is 237 g/mol. The van der Waals surface area contributed by atoms with Crippen molar-refractivity contribution in [2.75, 3.05) is 6.61 Å². The molecule has 1 rings (SSSR count). The highest BCUT2D eigenvalue weighted by molar-refractivity contribution is 5.94. The molecule has 0 aliphatic carbocycles. The quantitative estimate of drug-likeness (QED) is 0.778. The Kier molecular flexibility index (Phi) is 4.51. The fourth-order valence-corrected chi connectivity index (χ4v) is 1.20. The standard InChI is InChI=1S/C12H15NO4/c1-3-16-10-7-5-4-6-9(10)12(15)17-8(2)11(13)14/h4-8H,3H2,1-2H3,(H2,13,14)/t8-/m1/s1. The van der Waals surface area contributed by atoms with Crippen LogP contribution >= 0.6 is 0 Å².